The molecule has 14 nitrogen and oxygen atoms in total. The zero-order valence-electron chi connectivity index (χ0n) is 43.4. The van der Waals surface area contributed by atoms with Crippen molar-refractivity contribution in [2.75, 3.05) is 78.9 Å². The molecule has 0 saturated carbocycles. The van der Waals surface area contributed by atoms with Crippen molar-refractivity contribution in [2.24, 2.45) is 5.73 Å². The molecule has 68 heavy (non-hydrogen) atoms. The van der Waals surface area contributed by atoms with E-state index in [0.29, 0.717) is 56.7 Å². The van der Waals surface area contributed by atoms with E-state index < -0.39 is 11.2 Å². The Bertz CT molecular complexity index is 1240. The predicted octanol–water partition coefficient (Wildman–Crippen LogP) is 7.62. The largest absolute Gasteiger partial charge is 0.381 e. The summed E-state index contributed by atoms with van der Waals surface area (Å²) in [5, 5.41) is 9.12. The second-order valence-electron chi connectivity index (χ2n) is 20.0. The number of piperidine rings is 3. The summed E-state index contributed by atoms with van der Waals surface area (Å²) >= 11 is 7.71. The van der Waals surface area contributed by atoms with Crippen molar-refractivity contribution in [3.05, 3.63) is 6.92 Å². The van der Waals surface area contributed by atoms with E-state index >= 15 is 0 Å². The molecule has 1 atom stereocenters. The Morgan fingerprint density at radius 1 is 0.750 bits per heavy atom. The normalized spacial score (nSPS) is 21.6. The number of halogens is 4. The number of Topliss-reactive ketones (excluding diaryl/α,β-unsaturated/α-hetero) is 1. The zero-order valence-corrected chi connectivity index (χ0v) is 53.4. The van der Waals surface area contributed by atoms with Gasteiger partial charge in [0.1, 0.15) is 17.0 Å². The molecule has 1 unspecified atom stereocenters. The molecule has 6 fully saturated rings. The van der Waals surface area contributed by atoms with Crippen molar-refractivity contribution < 1.29 is 69.9 Å². The van der Waals surface area contributed by atoms with E-state index in [2.05, 4.69) is 120 Å². The fourth-order valence-electron chi connectivity index (χ4n) is 7.77. The second-order valence-corrected chi connectivity index (χ2v) is 38.4. The first-order valence-electron chi connectivity index (χ1n) is 24.5. The minimum Gasteiger partial charge on any atom is -0.381 e. The van der Waals surface area contributed by atoms with Crippen LogP contribution in [0.4, 0.5) is 9.59 Å². The van der Waals surface area contributed by atoms with Gasteiger partial charge in [0.05, 0.1) is 13.2 Å². The molecule has 0 aromatic rings. The van der Waals surface area contributed by atoms with Gasteiger partial charge in [0.2, 0.25) is 0 Å². The first-order chi connectivity index (χ1) is 31.0. The van der Waals surface area contributed by atoms with Crippen LogP contribution in [0.1, 0.15) is 167 Å². The molecule has 6 aliphatic rings. The van der Waals surface area contributed by atoms with Crippen LogP contribution in [-0.4, -0.2) is 151 Å². The fourth-order valence-corrected chi connectivity index (χ4v) is 7.77. The molecule has 5 N–H and O–H groups in total. The maximum Gasteiger partial charge on any atom is 0.137 e. The van der Waals surface area contributed by atoms with Crippen LogP contribution in [0.15, 0.2) is 0 Å². The van der Waals surface area contributed by atoms with E-state index in [0.717, 1.165) is 108 Å². The second kappa shape index (κ2) is 41.7. The van der Waals surface area contributed by atoms with E-state index in [-0.39, 0.29) is 55.8 Å². The number of nitrogens with one attached hydrogen (secondary N) is 3. The molecular weight excluding hydrogens is 1360 g/mol. The molecule has 407 valence electrons. The molecular formula is C49H98I4N6O8V-2. The molecule has 6 saturated heterocycles. The van der Waals surface area contributed by atoms with Crippen LogP contribution in [0.25, 0.3) is 0 Å². The van der Waals surface area contributed by atoms with Crippen molar-refractivity contribution in [3.63, 3.8) is 0 Å². The van der Waals surface area contributed by atoms with E-state index in [1.807, 2.05) is 41.5 Å². The number of nitrogens with two attached hydrogens (primary N) is 1. The molecule has 0 bridgehead atoms. The van der Waals surface area contributed by atoms with Crippen LogP contribution in [0, 0.1) is 6.92 Å². The molecule has 0 aromatic carbocycles. The topological polar surface area (TPSA) is 166 Å². The number of carbonyl (C=O) groups is 3. The Balaban J connectivity index is -0.000000799. The molecule has 6 aliphatic heterocycles. The monoisotopic (exact) mass is 1460 g/mol. The standard InChI is InChI=1S/C16H30N2O3.C11H22N2O.C10H20N2O2.C5H8O2.C4H9I.C2H5.CH4.I3.V/c1-15(2,3)21-14(19)17-13-5-9-18(10-6-13)16(4)7-11-20-12-8-16;1-11(4-8-14-9-5-11)13-6-2-10(12)3-7-13;1-10(2,3)14-9(13)12-8-4-6-11-7-5-8;6-5-1-3-7-4-2-5;1-3-4(2)5;1-2;;1-3-2;/h13H,5-12H2,1-4H3,(H,17,19);10H,2-9,12H2,1H3;8,11H,4-7H2,1-3H3,(H,12,13);1-4H2;4H,3H2,1-2H3;1H2,2H3;1H4;;/q;;;;;-1;;-1;. The Morgan fingerprint density at radius 3 is 1.35 bits per heavy atom. The Hall–Kier alpha value is 1.43. The number of alkyl halides is 1. The molecule has 0 aliphatic carbocycles. The number of ketones is 1. The summed E-state index contributed by atoms with van der Waals surface area (Å²) in [6, 6.07) is 0.945. The summed E-state index contributed by atoms with van der Waals surface area (Å²) in [4.78, 5) is 38.8. The Kier molecular flexibility index (Phi) is 45.1. The van der Waals surface area contributed by atoms with Gasteiger partial charge in [-0.15, -0.1) is 0 Å². The number of nitrogens with zero attached hydrogens (tertiary/aromatic N) is 2. The van der Waals surface area contributed by atoms with Gasteiger partial charge in [0, 0.05) is 117 Å². The van der Waals surface area contributed by atoms with E-state index in [9.17, 15) is 14.4 Å². The summed E-state index contributed by atoms with van der Waals surface area (Å²) in [6.45, 7) is 36.7. The summed E-state index contributed by atoms with van der Waals surface area (Å²) < 4.78 is 27.2. The van der Waals surface area contributed by atoms with Gasteiger partial charge in [-0.3, -0.25) is 14.6 Å². The summed E-state index contributed by atoms with van der Waals surface area (Å²) in [6.07, 6.45) is 12.8. The van der Waals surface area contributed by atoms with Crippen molar-refractivity contribution in [3.8, 4) is 0 Å². The van der Waals surface area contributed by atoms with Crippen molar-refractivity contribution in [1.29, 1.82) is 0 Å². The van der Waals surface area contributed by atoms with Gasteiger partial charge in [-0.1, -0.05) is 43.9 Å². The van der Waals surface area contributed by atoms with Gasteiger partial charge in [-0.25, -0.2) is 9.59 Å². The van der Waals surface area contributed by atoms with Crippen molar-refractivity contribution in [1.82, 2.24) is 25.8 Å². The van der Waals surface area contributed by atoms with Crippen molar-refractivity contribution in [2.45, 2.75) is 211 Å². The number of carbonyl (C=O) groups excluding carboxylic acids is 3. The van der Waals surface area contributed by atoms with Crippen LogP contribution in [0.5, 0.6) is 0 Å². The number of hydrogen-bond acceptors (Lipinski definition) is 12. The third-order valence-electron chi connectivity index (χ3n) is 12.1. The molecule has 6 heterocycles. The molecule has 2 amide bonds. The smallest absolute Gasteiger partial charge is 0.137 e. The zero-order chi connectivity index (χ0) is 50.2. The first-order valence-corrected chi connectivity index (χ1v) is 38.3. The minimum atomic E-state index is -0.430. The predicted molar refractivity (Wildman–Crippen MR) is 300 cm³/mol. The quantitative estimate of drug-likeness (QED) is 0.121. The van der Waals surface area contributed by atoms with Gasteiger partial charge in [0.25, 0.3) is 0 Å². The van der Waals surface area contributed by atoms with Gasteiger partial charge in [-0.05, 0) is 139 Å². The minimum absolute atomic E-state index is 0. The summed E-state index contributed by atoms with van der Waals surface area (Å²) in [7, 11) is 0. The molecule has 0 aromatic heterocycles. The third kappa shape index (κ3) is 37.2. The van der Waals surface area contributed by atoms with E-state index in [1.165, 1.54) is 32.4 Å². The summed E-state index contributed by atoms with van der Waals surface area (Å²) in [5.74, 6) is 0.339. The molecule has 0 spiro atoms. The number of likely N-dealkylation sites (tertiary alicyclic amines) is 2. The number of hydrogen-bond donors (Lipinski definition) is 4. The van der Waals surface area contributed by atoms with Crippen LogP contribution < -0.4 is 34.9 Å². The number of ether oxygens (including phenoxy) is 5. The Labute approximate surface area is 471 Å². The van der Waals surface area contributed by atoms with Crippen LogP contribution in [0.2, 0.25) is 0 Å². The van der Waals surface area contributed by atoms with Crippen LogP contribution in [-0.2, 0) is 47.0 Å². The van der Waals surface area contributed by atoms with Crippen molar-refractivity contribution >= 4 is 77.8 Å². The van der Waals surface area contributed by atoms with Gasteiger partial charge >= 0.3 is 62.7 Å². The maximum absolute atomic E-state index is 11.8. The Morgan fingerprint density at radius 2 is 1.06 bits per heavy atom. The number of amides is 2. The van der Waals surface area contributed by atoms with Crippen LogP contribution in [0.3, 0.4) is 0 Å². The third-order valence-corrected chi connectivity index (χ3v) is 13.0. The number of rotatable bonds is 5. The first kappa shape index (κ1) is 73.7. The van der Waals surface area contributed by atoms with E-state index in [4.69, 9.17) is 29.4 Å². The molecule has 6 rings (SSSR count). The van der Waals surface area contributed by atoms with Gasteiger partial charge in [0.15, 0.2) is 0 Å². The van der Waals surface area contributed by atoms with Crippen LogP contribution >= 0.6 is 59.8 Å². The van der Waals surface area contributed by atoms with E-state index in [1.54, 1.807) is 6.92 Å². The van der Waals surface area contributed by atoms with Gasteiger partial charge < -0.3 is 52.3 Å². The molecule has 1 radical (unpaired) electrons. The average Bonchev–Trinajstić information content (AvgIpc) is 3.26. The number of alkyl carbamates (subject to hydrolysis) is 2. The average molecular weight is 1460 g/mol. The fraction of sp³-hybridized carbons (Fsp3) is 0.918. The van der Waals surface area contributed by atoms with Gasteiger partial charge in [-0.2, -0.15) is 6.92 Å². The summed E-state index contributed by atoms with van der Waals surface area (Å²) in [5.41, 5.74) is 5.74. The molecule has 19 heteroatoms. The maximum atomic E-state index is 11.8. The SMILES string of the molecule is C.CC(C)(C)OC(=O)NC1CCN(C2(C)CCOCC2)CC1.CC(C)(C)OC(=O)NC1CCNCC1.CC1(N2CCC(N)CC2)CCOCC1.CCC(C)I.I[I-]I.O=C1CCOCC1.[CH2-]C.[V].